The van der Waals surface area contributed by atoms with Gasteiger partial charge in [0.2, 0.25) is 0 Å². The van der Waals surface area contributed by atoms with Crippen molar-refractivity contribution in [1.82, 2.24) is 5.32 Å². The Labute approximate surface area is 171 Å². The zero-order valence-electron chi connectivity index (χ0n) is 16.8. The molecule has 0 saturated heterocycles. The van der Waals surface area contributed by atoms with Crippen molar-refractivity contribution < 1.29 is 19.1 Å². The summed E-state index contributed by atoms with van der Waals surface area (Å²) in [4.78, 5) is 27.0. The Kier molecular flexibility index (Phi) is 6.89. The summed E-state index contributed by atoms with van der Waals surface area (Å²) in [5.74, 6) is 0.801. The molecule has 0 aliphatic carbocycles. The molecule has 3 rings (SSSR count). The van der Waals surface area contributed by atoms with Gasteiger partial charge in [-0.1, -0.05) is 37.3 Å². The van der Waals surface area contributed by atoms with Crippen LogP contribution in [0.25, 0.3) is 6.08 Å². The Hall–Kier alpha value is -3.28. The van der Waals surface area contributed by atoms with E-state index in [1.807, 2.05) is 56.3 Å². The second-order valence-corrected chi connectivity index (χ2v) is 6.62. The molecule has 0 aromatic heterocycles. The fourth-order valence-electron chi connectivity index (χ4n) is 3.10. The molecule has 29 heavy (non-hydrogen) atoms. The van der Waals surface area contributed by atoms with Gasteiger partial charge in [-0.15, -0.1) is 0 Å². The summed E-state index contributed by atoms with van der Waals surface area (Å²) in [7, 11) is 0. The van der Waals surface area contributed by atoms with Crippen LogP contribution in [0.4, 0.5) is 5.69 Å². The monoisotopic (exact) mass is 394 g/mol. The summed E-state index contributed by atoms with van der Waals surface area (Å²) in [6, 6.07) is 14.8. The largest absolute Gasteiger partial charge is 0.493 e. The molecule has 1 aliphatic rings. The molecule has 0 spiro atoms. The summed E-state index contributed by atoms with van der Waals surface area (Å²) in [5, 5.41) is 2.84. The molecule has 0 unspecified atom stereocenters. The smallest absolute Gasteiger partial charge is 0.262 e. The second kappa shape index (κ2) is 9.78. The topological polar surface area (TPSA) is 67.9 Å². The van der Waals surface area contributed by atoms with Gasteiger partial charge in [0.15, 0.2) is 6.10 Å². The average molecular weight is 394 g/mol. The highest BCUT2D eigenvalue weighted by Crippen LogP contribution is 2.33. The van der Waals surface area contributed by atoms with E-state index in [0.29, 0.717) is 24.6 Å². The first-order valence-corrected chi connectivity index (χ1v) is 9.88. The maximum Gasteiger partial charge on any atom is 0.262 e. The molecule has 2 amide bonds. The second-order valence-electron chi connectivity index (χ2n) is 6.62. The number of nitrogens with zero attached hydrogens (tertiary/aromatic N) is 1. The summed E-state index contributed by atoms with van der Waals surface area (Å²) in [5.41, 5.74) is 1.47. The Bertz CT molecular complexity index is 894. The van der Waals surface area contributed by atoms with Crippen molar-refractivity contribution in [2.45, 2.75) is 26.4 Å². The molecule has 0 fully saturated rings. The third-order valence-corrected chi connectivity index (χ3v) is 4.51. The lowest BCUT2D eigenvalue weighted by Gasteiger charge is -2.33. The molecule has 1 N–H and O–H groups in total. The number of nitrogens with one attached hydrogen (secondary N) is 1. The minimum atomic E-state index is -0.746. The number of anilines is 1. The van der Waals surface area contributed by atoms with Crippen LogP contribution in [0, 0.1) is 0 Å². The highest BCUT2D eigenvalue weighted by atomic mass is 16.5. The highest BCUT2D eigenvalue weighted by molar-refractivity contribution is 6.06. The fourth-order valence-corrected chi connectivity index (χ4v) is 3.10. The van der Waals surface area contributed by atoms with Crippen LogP contribution in [0.5, 0.6) is 11.5 Å². The summed E-state index contributed by atoms with van der Waals surface area (Å²) in [6.45, 7) is 5.17. The number of hydrogen-bond donors (Lipinski definition) is 1. The highest BCUT2D eigenvalue weighted by Gasteiger charge is 2.32. The van der Waals surface area contributed by atoms with Gasteiger partial charge in [0.25, 0.3) is 11.8 Å². The van der Waals surface area contributed by atoms with Gasteiger partial charge in [-0.25, -0.2) is 0 Å². The number of para-hydroxylation sites is 3. The summed E-state index contributed by atoms with van der Waals surface area (Å²) in [6.07, 6.45) is 3.32. The molecule has 2 aromatic rings. The normalized spacial score (nSPS) is 15.5. The van der Waals surface area contributed by atoms with Crippen LogP contribution in [0.2, 0.25) is 0 Å². The van der Waals surface area contributed by atoms with Crippen molar-refractivity contribution in [2.75, 3.05) is 24.6 Å². The third-order valence-electron chi connectivity index (χ3n) is 4.51. The van der Waals surface area contributed by atoms with Crippen molar-refractivity contribution in [2.24, 2.45) is 0 Å². The molecule has 6 nitrogen and oxygen atoms in total. The Balaban J connectivity index is 1.82. The van der Waals surface area contributed by atoms with Crippen LogP contribution in [-0.2, 0) is 9.59 Å². The van der Waals surface area contributed by atoms with Crippen molar-refractivity contribution in [1.29, 1.82) is 0 Å². The Morgan fingerprint density at radius 1 is 1.17 bits per heavy atom. The zero-order chi connectivity index (χ0) is 20.6. The molecular formula is C23H26N2O4. The van der Waals surface area contributed by atoms with E-state index in [2.05, 4.69) is 5.32 Å². The standard InChI is InChI=1S/C23H26N2O4/c1-3-15-24-23(27)21-16-25(18-10-6-8-12-20(18)29-21)22(26)14-13-17-9-5-7-11-19(17)28-4-2/h5-14,21H,3-4,15-16H2,1-2H3,(H,24,27)/b14-13+/t21-/m1/s1. The van der Waals surface area contributed by atoms with E-state index in [-0.39, 0.29) is 18.4 Å². The molecule has 0 radical (unpaired) electrons. The van der Waals surface area contributed by atoms with E-state index in [4.69, 9.17) is 9.47 Å². The zero-order valence-corrected chi connectivity index (χ0v) is 16.8. The van der Waals surface area contributed by atoms with Gasteiger partial charge < -0.3 is 19.7 Å². The van der Waals surface area contributed by atoms with E-state index in [0.717, 1.165) is 17.7 Å². The first-order chi connectivity index (χ1) is 14.1. The van der Waals surface area contributed by atoms with Crippen LogP contribution in [0.1, 0.15) is 25.8 Å². The van der Waals surface area contributed by atoms with Gasteiger partial charge in [0, 0.05) is 18.2 Å². The quantitative estimate of drug-likeness (QED) is 0.731. The molecule has 0 saturated carbocycles. The van der Waals surface area contributed by atoms with Gasteiger partial charge in [0.05, 0.1) is 18.8 Å². The van der Waals surface area contributed by atoms with Crippen LogP contribution in [0.15, 0.2) is 54.6 Å². The molecule has 2 aromatic carbocycles. The summed E-state index contributed by atoms with van der Waals surface area (Å²) >= 11 is 0. The maximum atomic E-state index is 13.0. The van der Waals surface area contributed by atoms with Crippen molar-refractivity contribution in [3.8, 4) is 11.5 Å². The molecule has 1 atom stereocenters. The van der Waals surface area contributed by atoms with Crippen LogP contribution >= 0.6 is 0 Å². The van der Waals surface area contributed by atoms with Crippen molar-refractivity contribution in [3.63, 3.8) is 0 Å². The Morgan fingerprint density at radius 3 is 2.72 bits per heavy atom. The predicted octanol–water partition coefficient (Wildman–Crippen LogP) is 3.42. The lowest BCUT2D eigenvalue weighted by atomic mass is 10.1. The molecule has 152 valence electrons. The molecule has 6 heteroatoms. The van der Waals surface area contributed by atoms with E-state index >= 15 is 0 Å². The average Bonchev–Trinajstić information content (AvgIpc) is 2.76. The van der Waals surface area contributed by atoms with E-state index in [1.165, 1.54) is 6.08 Å². The number of carbonyl (C=O) groups is 2. The number of hydrogen-bond acceptors (Lipinski definition) is 4. The van der Waals surface area contributed by atoms with Crippen LogP contribution in [0.3, 0.4) is 0 Å². The van der Waals surface area contributed by atoms with Gasteiger partial charge >= 0.3 is 0 Å². The van der Waals surface area contributed by atoms with Gasteiger partial charge in [-0.3, -0.25) is 9.59 Å². The number of amides is 2. The third kappa shape index (κ3) is 4.96. The van der Waals surface area contributed by atoms with Gasteiger partial charge in [-0.05, 0) is 37.6 Å². The Morgan fingerprint density at radius 2 is 1.93 bits per heavy atom. The minimum Gasteiger partial charge on any atom is -0.493 e. The minimum absolute atomic E-state index is 0.156. The lowest BCUT2D eigenvalue weighted by molar-refractivity contribution is -0.128. The lowest BCUT2D eigenvalue weighted by Crippen LogP contribution is -2.50. The predicted molar refractivity (Wildman–Crippen MR) is 113 cm³/mol. The molecule has 0 bridgehead atoms. The molecular weight excluding hydrogens is 368 g/mol. The maximum absolute atomic E-state index is 13.0. The number of rotatable bonds is 7. The molecule has 1 heterocycles. The first kappa shape index (κ1) is 20.5. The number of carbonyl (C=O) groups excluding carboxylic acids is 2. The summed E-state index contributed by atoms with van der Waals surface area (Å²) < 4.78 is 11.4. The SMILES string of the molecule is CCCNC(=O)[C@H]1CN(C(=O)/C=C/c2ccccc2OCC)c2ccccc2O1. The van der Waals surface area contributed by atoms with Gasteiger partial charge in [0.1, 0.15) is 11.5 Å². The number of fused-ring (bicyclic) bond motifs is 1. The van der Waals surface area contributed by atoms with E-state index in [1.54, 1.807) is 17.0 Å². The van der Waals surface area contributed by atoms with Crippen molar-refractivity contribution in [3.05, 3.63) is 60.2 Å². The van der Waals surface area contributed by atoms with E-state index < -0.39 is 6.10 Å². The van der Waals surface area contributed by atoms with Crippen LogP contribution in [-0.4, -0.2) is 37.6 Å². The van der Waals surface area contributed by atoms with Crippen LogP contribution < -0.4 is 19.7 Å². The number of benzene rings is 2. The van der Waals surface area contributed by atoms with Gasteiger partial charge in [-0.2, -0.15) is 0 Å². The molecule has 1 aliphatic heterocycles. The van der Waals surface area contributed by atoms with E-state index in [9.17, 15) is 9.59 Å². The fraction of sp³-hybridized carbons (Fsp3) is 0.304. The number of ether oxygens (including phenoxy) is 2. The van der Waals surface area contributed by atoms with Crippen molar-refractivity contribution >= 4 is 23.6 Å². The first-order valence-electron chi connectivity index (χ1n) is 9.88.